The van der Waals surface area contributed by atoms with E-state index in [0.29, 0.717) is 12.1 Å². The lowest BCUT2D eigenvalue weighted by molar-refractivity contribution is 0.289. The molecule has 0 spiro atoms. The lowest BCUT2D eigenvalue weighted by atomic mass is 9.90. The van der Waals surface area contributed by atoms with Gasteiger partial charge >= 0.3 is 0 Å². The number of imidazole rings is 1. The van der Waals surface area contributed by atoms with E-state index in [1.807, 2.05) is 6.20 Å². The van der Waals surface area contributed by atoms with Crippen LogP contribution in [0, 0.1) is 0 Å². The first-order chi connectivity index (χ1) is 9.88. The Morgan fingerprint density at radius 3 is 2.90 bits per heavy atom. The molecule has 2 aromatic rings. The third-order valence-corrected chi connectivity index (χ3v) is 4.23. The largest absolute Gasteiger partial charge is 0.328 e. The summed E-state index contributed by atoms with van der Waals surface area (Å²) >= 11 is 0. The Morgan fingerprint density at radius 2 is 2.10 bits per heavy atom. The van der Waals surface area contributed by atoms with Crippen LogP contribution in [-0.4, -0.2) is 22.1 Å². The lowest BCUT2D eigenvalue weighted by Gasteiger charge is -2.31. The highest BCUT2D eigenvalue weighted by molar-refractivity contribution is 5.55. The second kappa shape index (κ2) is 6.23. The van der Waals surface area contributed by atoms with E-state index in [2.05, 4.69) is 58.3 Å². The molecule has 0 radical (unpaired) electrons. The third kappa shape index (κ3) is 2.78. The van der Waals surface area contributed by atoms with Gasteiger partial charge in [0.25, 0.3) is 0 Å². The predicted octanol–water partition coefficient (Wildman–Crippen LogP) is 3.64. The normalized spacial score (nSPS) is 22.9. The summed E-state index contributed by atoms with van der Waals surface area (Å²) < 4.78 is 2.37. The second-order valence-corrected chi connectivity index (χ2v) is 5.60. The highest BCUT2D eigenvalue weighted by Gasteiger charge is 2.24. The van der Waals surface area contributed by atoms with Crippen LogP contribution in [0.4, 0.5) is 0 Å². The number of hydrogen-bond acceptors (Lipinski definition) is 2. The minimum Gasteiger partial charge on any atom is -0.328 e. The van der Waals surface area contributed by atoms with Crippen LogP contribution in [0.15, 0.2) is 42.7 Å². The van der Waals surface area contributed by atoms with Crippen molar-refractivity contribution in [2.75, 3.05) is 6.54 Å². The number of nitrogens with one attached hydrogen (secondary N) is 1. The molecule has 106 valence electrons. The van der Waals surface area contributed by atoms with Crippen molar-refractivity contribution in [3.05, 3.63) is 42.7 Å². The fraction of sp³-hybridized carbons (Fsp3) is 0.471. The van der Waals surface area contributed by atoms with Gasteiger partial charge < -0.3 is 9.88 Å². The van der Waals surface area contributed by atoms with Crippen LogP contribution >= 0.6 is 0 Å². The van der Waals surface area contributed by atoms with Gasteiger partial charge in [0.15, 0.2) is 0 Å². The van der Waals surface area contributed by atoms with Crippen molar-refractivity contribution in [3.8, 4) is 11.4 Å². The Hall–Kier alpha value is -1.61. The van der Waals surface area contributed by atoms with E-state index in [4.69, 9.17) is 0 Å². The molecule has 3 heteroatoms. The zero-order valence-corrected chi connectivity index (χ0v) is 12.1. The van der Waals surface area contributed by atoms with Crippen LogP contribution in [0.1, 0.15) is 38.6 Å². The van der Waals surface area contributed by atoms with Crippen LogP contribution in [0.25, 0.3) is 11.4 Å². The molecule has 3 nitrogen and oxygen atoms in total. The molecule has 1 aromatic carbocycles. The van der Waals surface area contributed by atoms with E-state index in [9.17, 15) is 0 Å². The predicted molar refractivity (Wildman–Crippen MR) is 82.6 cm³/mol. The molecule has 1 fully saturated rings. The van der Waals surface area contributed by atoms with Crippen molar-refractivity contribution in [1.82, 2.24) is 14.9 Å². The van der Waals surface area contributed by atoms with Crippen LogP contribution in [0.5, 0.6) is 0 Å². The molecule has 0 aliphatic heterocycles. The molecule has 0 saturated heterocycles. The summed E-state index contributed by atoms with van der Waals surface area (Å²) in [7, 11) is 0. The van der Waals surface area contributed by atoms with Gasteiger partial charge in [0.2, 0.25) is 0 Å². The van der Waals surface area contributed by atoms with Gasteiger partial charge in [-0.1, -0.05) is 37.3 Å². The van der Waals surface area contributed by atoms with Gasteiger partial charge in [-0.15, -0.1) is 0 Å². The summed E-state index contributed by atoms with van der Waals surface area (Å²) in [5, 5.41) is 3.60. The van der Waals surface area contributed by atoms with E-state index in [-0.39, 0.29) is 0 Å². The van der Waals surface area contributed by atoms with E-state index in [1.165, 1.54) is 31.2 Å². The van der Waals surface area contributed by atoms with Gasteiger partial charge in [0, 0.05) is 30.0 Å². The summed E-state index contributed by atoms with van der Waals surface area (Å²) in [6, 6.07) is 11.7. The number of hydrogen-bond donors (Lipinski definition) is 1. The van der Waals surface area contributed by atoms with E-state index < -0.39 is 0 Å². The molecule has 1 N–H and O–H groups in total. The summed E-state index contributed by atoms with van der Waals surface area (Å²) in [5.41, 5.74) is 1.21. The molecule has 0 bridgehead atoms. The zero-order valence-electron chi connectivity index (χ0n) is 12.1. The molecule has 2 atom stereocenters. The average Bonchev–Trinajstić information content (AvgIpc) is 2.98. The maximum absolute atomic E-state index is 4.58. The standard InChI is InChI=1S/C17H23N3/c1-2-18-15-9-6-10-16(13-15)20-12-11-19-17(20)14-7-4-3-5-8-14/h3-5,7-8,11-12,15-16,18H,2,6,9-10,13H2,1H3. The SMILES string of the molecule is CCNC1CCCC(n2ccnc2-c2ccccc2)C1. The smallest absolute Gasteiger partial charge is 0.140 e. The maximum Gasteiger partial charge on any atom is 0.140 e. The summed E-state index contributed by atoms with van der Waals surface area (Å²) in [6.45, 7) is 3.25. The Kier molecular flexibility index (Phi) is 4.16. The minimum absolute atomic E-state index is 0.575. The lowest BCUT2D eigenvalue weighted by Crippen LogP contribution is -2.34. The highest BCUT2D eigenvalue weighted by atomic mass is 15.1. The fourth-order valence-electron chi connectivity index (χ4n) is 3.31. The molecule has 1 saturated carbocycles. The molecular formula is C17H23N3. The average molecular weight is 269 g/mol. The number of benzene rings is 1. The van der Waals surface area contributed by atoms with E-state index in [1.54, 1.807) is 0 Å². The van der Waals surface area contributed by atoms with Crippen molar-refractivity contribution >= 4 is 0 Å². The number of rotatable bonds is 4. The monoisotopic (exact) mass is 269 g/mol. The Bertz CT molecular complexity index is 530. The molecule has 3 rings (SSSR count). The third-order valence-electron chi connectivity index (χ3n) is 4.23. The van der Waals surface area contributed by atoms with Gasteiger partial charge in [-0.3, -0.25) is 0 Å². The van der Waals surface area contributed by atoms with Crippen molar-refractivity contribution in [2.24, 2.45) is 0 Å². The Balaban J connectivity index is 1.82. The van der Waals surface area contributed by atoms with E-state index >= 15 is 0 Å². The Morgan fingerprint density at radius 1 is 1.25 bits per heavy atom. The number of aromatic nitrogens is 2. The first kappa shape index (κ1) is 13.4. The first-order valence-electron chi connectivity index (χ1n) is 7.70. The quantitative estimate of drug-likeness (QED) is 0.918. The first-order valence-corrected chi connectivity index (χ1v) is 7.70. The molecular weight excluding hydrogens is 246 g/mol. The van der Waals surface area contributed by atoms with E-state index in [0.717, 1.165) is 12.4 Å². The molecule has 2 unspecified atom stereocenters. The van der Waals surface area contributed by atoms with Gasteiger partial charge in [-0.25, -0.2) is 4.98 Å². The molecule has 1 aromatic heterocycles. The summed E-state index contributed by atoms with van der Waals surface area (Å²) in [6.07, 6.45) is 9.15. The molecule has 1 heterocycles. The van der Waals surface area contributed by atoms with Crippen molar-refractivity contribution < 1.29 is 0 Å². The zero-order chi connectivity index (χ0) is 13.8. The maximum atomic E-state index is 4.58. The van der Waals surface area contributed by atoms with Crippen molar-refractivity contribution in [3.63, 3.8) is 0 Å². The van der Waals surface area contributed by atoms with Crippen LogP contribution < -0.4 is 5.32 Å². The fourth-order valence-corrected chi connectivity index (χ4v) is 3.31. The summed E-state index contributed by atoms with van der Waals surface area (Å²) in [4.78, 5) is 4.58. The van der Waals surface area contributed by atoms with Crippen LogP contribution in [-0.2, 0) is 0 Å². The molecule has 20 heavy (non-hydrogen) atoms. The Labute approximate surface area is 121 Å². The van der Waals surface area contributed by atoms with Crippen molar-refractivity contribution in [2.45, 2.75) is 44.7 Å². The van der Waals surface area contributed by atoms with Crippen LogP contribution in [0.2, 0.25) is 0 Å². The second-order valence-electron chi connectivity index (χ2n) is 5.60. The molecule has 0 amide bonds. The number of nitrogens with zero attached hydrogens (tertiary/aromatic N) is 2. The topological polar surface area (TPSA) is 29.9 Å². The molecule has 1 aliphatic rings. The minimum atomic E-state index is 0.575. The molecule has 1 aliphatic carbocycles. The summed E-state index contributed by atoms with van der Waals surface area (Å²) in [5.74, 6) is 1.10. The van der Waals surface area contributed by atoms with Gasteiger partial charge in [0.1, 0.15) is 5.82 Å². The highest BCUT2D eigenvalue weighted by Crippen LogP contribution is 2.32. The van der Waals surface area contributed by atoms with Crippen LogP contribution in [0.3, 0.4) is 0 Å². The van der Waals surface area contributed by atoms with Gasteiger partial charge in [-0.05, 0) is 32.2 Å². The van der Waals surface area contributed by atoms with Gasteiger partial charge in [0.05, 0.1) is 0 Å². The van der Waals surface area contributed by atoms with Gasteiger partial charge in [-0.2, -0.15) is 0 Å². The van der Waals surface area contributed by atoms with Crippen molar-refractivity contribution in [1.29, 1.82) is 0 Å².